The van der Waals surface area contributed by atoms with Gasteiger partial charge in [-0.05, 0) is 12.1 Å². The van der Waals surface area contributed by atoms with Crippen LogP contribution >= 0.6 is 0 Å². The van der Waals surface area contributed by atoms with Gasteiger partial charge in [0.2, 0.25) is 0 Å². The molecule has 5 nitrogen and oxygen atoms in total. The summed E-state index contributed by atoms with van der Waals surface area (Å²) in [5, 5.41) is 0. The molecule has 31 heavy (non-hydrogen) atoms. The fraction of sp³-hybridized carbons (Fsp3) is 0.304. The monoisotopic (exact) mass is 428 g/mol. The van der Waals surface area contributed by atoms with Crippen LogP contribution in [0, 0.1) is 0 Å². The van der Waals surface area contributed by atoms with Crippen molar-refractivity contribution in [3.63, 3.8) is 0 Å². The summed E-state index contributed by atoms with van der Waals surface area (Å²) in [5.41, 5.74) is -0.114. The van der Waals surface area contributed by atoms with Crippen molar-refractivity contribution in [3.05, 3.63) is 78.1 Å². The Labute approximate surface area is 178 Å². The molecule has 0 radical (unpaired) electrons. The van der Waals surface area contributed by atoms with Crippen LogP contribution in [0.25, 0.3) is 11.4 Å². The maximum absolute atomic E-state index is 13.2. The van der Waals surface area contributed by atoms with E-state index in [1.54, 1.807) is 6.20 Å². The van der Waals surface area contributed by atoms with E-state index in [9.17, 15) is 18.0 Å². The van der Waals surface area contributed by atoms with Crippen LogP contribution in [0.3, 0.4) is 0 Å². The van der Waals surface area contributed by atoms with Gasteiger partial charge in [0, 0.05) is 57.2 Å². The first-order valence-electron chi connectivity index (χ1n) is 10.2. The van der Waals surface area contributed by atoms with Gasteiger partial charge in [0.05, 0.1) is 11.1 Å². The van der Waals surface area contributed by atoms with Crippen molar-refractivity contribution in [2.75, 3.05) is 32.7 Å². The summed E-state index contributed by atoms with van der Waals surface area (Å²) in [4.78, 5) is 20.9. The minimum atomic E-state index is -4.55. The number of hydrogen-bond acceptors (Lipinski definition) is 3. The second kappa shape index (κ2) is 8.93. The summed E-state index contributed by atoms with van der Waals surface area (Å²) in [6, 6.07) is 14.9. The molecule has 2 heterocycles. The zero-order valence-corrected chi connectivity index (χ0v) is 16.9. The molecule has 1 amide bonds. The van der Waals surface area contributed by atoms with Crippen molar-refractivity contribution in [3.8, 4) is 11.4 Å². The van der Waals surface area contributed by atoms with Gasteiger partial charge in [0.1, 0.15) is 5.82 Å². The summed E-state index contributed by atoms with van der Waals surface area (Å²) in [7, 11) is 0. The van der Waals surface area contributed by atoms with Crippen molar-refractivity contribution in [1.29, 1.82) is 0 Å². The molecule has 0 atom stereocenters. The lowest BCUT2D eigenvalue weighted by Crippen LogP contribution is -2.49. The van der Waals surface area contributed by atoms with E-state index in [-0.39, 0.29) is 5.56 Å². The number of aromatic nitrogens is 2. The van der Waals surface area contributed by atoms with Crippen molar-refractivity contribution >= 4 is 5.91 Å². The maximum atomic E-state index is 13.2. The highest BCUT2D eigenvalue weighted by Gasteiger charge is 2.36. The van der Waals surface area contributed by atoms with Gasteiger partial charge in [-0.15, -0.1) is 0 Å². The SMILES string of the molecule is O=C(c1ccccc1C(F)(F)F)N1CCN(CCn2ccnc2-c2ccccc2)CC1. The first-order chi connectivity index (χ1) is 14.9. The van der Waals surface area contributed by atoms with Crippen LogP contribution in [0.4, 0.5) is 13.2 Å². The Morgan fingerprint density at radius 2 is 1.58 bits per heavy atom. The van der Waals surface area contributed by atoms with Crippen LogP contribution in [-0.2, 0) is 12.7 Å². The van der Waals surface area contributed by atoms with Crippen molar-refractivity contribution < 1.29 is 18.0 Å². The predicted molar refractivity (Wildman–Crippen MR) is 111 cm³/mol. The number of halogens is 3. The van der Waals surface area contributed by atoms with E-state index in [2.05, 4.69) is 14.5 Å². The molecule has 1 aliphatic rings. The van der Waals surface area contributed by atoms with E-state index in [4.69, 9.17) is 0 Å². The van der Waals surface area contributed by atoms with Gasteiger partial charge in [-0.3, -0.25) is 9.69 Å². The lowest BCUT2D eigenvalue weighted by atomic mass is 10.1. The Morgan fingerprint density at radius 3 is 2.29 bits per heavy atom. The highest BCUT2D eigenvalue weighted by molar-refractivity contribution is 5.96. The third-order valence-corrected chi connectivity index (χ3v) is 5.53. The Balaban J connectivity index is 1.34. The van der Waals surface area contributed by atoms with Crippen LogP contribution in [0.5, 0.6) is 0 Å². The predicted octanol–water partition coefficient (Wildman–Crippen LogP) is 4.03. The number of carbonyl (C=O) groups excluding carboxylic acids is 1. The summed E-state index contributed by atoms with van der Waals surface area (Å²) < 4.78 is 41.8. The summed E-state index contributed by atoms with van der Waals surface area (Å²) >= 11 is 0. The molecule has 8 heteroatoms. The van der Waals surface area contributed by atoms with Crippen LogP contribution in [0.2, 0.25) is 0 Å². The van der Waals surface area contributed by atoms with Crippen LogP contribution < -0.4 is 0 Å². The quantitative estimate of drug-likeness (QED) is 0.616. The number of alkyl halides is 3. The standard InChI is InChI=1S/C23H23F3N4O/c24-23(25,26)20-9-5-4-8-19(20)22(31)30-16-13-28(14-17-30)12-15-29-11-10-27-21(29)18-6-2-1-3-7-18/h1-11H,12-17H2. The largest absolute Gasteiger partial charge is 0.417 e. The summed E-state index contributed by atoms with van der Waals surface area (Å²) in [6.45, 7) is 3.57. The van der Waals surface area contributed by atoms with Gasteiger partial charge in [-0.25, -0.2) is 4.98 Å². The average molecular weight is 428 g/mol. The molecule has 162 valence electrons. The molecule has 1 fully saturated rings. The molecule has 2 aromatic carbocycles. The molecule has 0 spiro atoms. The minimum absolute atomic E-state index is 0.283. The van der Waals surface area contributed by atoms with E-state index in [1.807, 2.05) is 36.5 Å². The molecule has 3 aromatic rings. The smallest absolute Gasteiger partial charge is 0.336 e. The van der Waals surface area contributed by atoms with E-state index in [0.717, 1.165) is 30.5 Å². The normalized spacial score (nSPS) is 15.3. The Morgan fingerprint density at radius 1 is 0.903 bits per heavy atom. The van der Waals surface area contributed by atoms with Crippen molar-refractivity contribution in [1.82, 2.24) is 19.4 Å². The van der Waals surface area contributed by atoms with Gasteiger partial charge in [0.25, 0.3) is 5.91 Å². The Kier molecular flexibility index (Phi) is 6.08. The third-order valence-electron chi connectivity index (χ3n) is 5.53. The average Bonchev–Trinajstić information content (AvgIpc) is 3.26. The van der Waals surface area contributed by atoms with Crippen molar-refractivity contribution in [2.45, 2.75) is 12.7 Å². The molecule has 0 aliphatic carbocycles. The number of imidazole rings is 1. The number of piperazine rings is 1. The second-order valence-corrected chi connectivity index (χ2v) is 7.49. The highest BCUT2D eigenvalue weighted by Crippen LogP contribution is 2.32. The first kappa shape index (κ1) is 21.1. The Hall–Kier alpha value is -3.13. The molecule has 0 saturated carbocycles. The van der Waals surface area contributed by atoms with E-state index in [1.165, 1.54) is 23.1 Å². The molecular formula is C23H23F3N4O. The first-order valence-corrected chi connectivity index (χ1v) is 10.2. The lowest BCUT2D eigenvalue weighted by molar-refractivity contribution is -0.138. The Bertz CT molecular complexity index is 1020. The second-order valence-electron chi connectivity index (χ2n) is 7.49. The topological polar surface area (TPSA) is 41.4 Å². The van der Waals surface area contributed by atoms with Crippen LogP contribution in [-0.4, -0.2) is 58.0 Å². The zero-order valence-electron chi connectivity index (χ0n) is 16.9. The van der Waals surface area contributed by atoms with Gasteiger partial charge in [0.15, 0.2) is 0 Å². The number of carbonyl (C=O) groups is 1. The maximum Gasteiger partial charge on any atom is 0.417 e. The van der Waals surface area contributed by atoms with E-state index < -0.39 is 17.6 Å². The summed E-state index contributed by atoms with van der Waals surface area (Å²) in [6.07, 6.45) is -0.831. The number of nitrogens with zero attached hydrogens (tertiary/aromatic N) is 4. The van der Waals surface area contributed by atoms with E-state index >= 15 is 0 Å². The molecular weight excluding hydrogens is 405 g/mol. The fourth-order valence-corrected chi connectivity index (χ4v) is 3.85. The number of hydrogen-bond donors (Lipinski definition) is 0. The minimum Gasteiger partial charge on any atom is -0.336 e. The number of rotatable bonds is 5. The van der Waals surface area contributed by atoms with Gasteiger partial charge < -0.3 is 9.47 Å². The molecule has 0 bridgehead atoms. The highest BCUT2D eigenvalue weighted by atomic mass is 19.4. The third kappa shape index (κ3) is 4.80. The number of amides is 1. The molecule has 1 saturated heterocycles. The molecule has 1 aromatic heterocycles. The van der Waals surface area contributed by atoms with Crippen molar-refractivity contribution in [2.24, 2.45) is 0 Å². The fourth-order valence-electron chi connectivity index (χ4n) is 3.85. The number of benzene rings is 2. The van der Waals surface area contributed by atoms with Crippen LogP contribution in [0.15, 0.2) is 67.0 Å². The van der Waals surface area contributed by atoms with Crippen LogP contribution in [0.1, 0.15) is 15.9 Å². The molecule has 0 unspecified atom stereocenters. The van der Waals surface area contributed by atoms with Gasteiger partial charge >= 0.3 is 6.18 Å². The molecule has 4 rings (SSSR count). The van der Waals surface area contributed by atoms with E-state index in [0.29, 0.717) is 26.2 Å². The van der Waals surface area contributed by atoms with Gasteiger partial charge in [-0.1, -0.05) is 42.5 Å². The zero-order chi connectivity index (χ0) is 21.8. The van der Waals surface area contributed by atoms with Gasteiger partial charge in [-0.2, -0.15) is 13.2 Å². The molecule has 1 aliphatic heterocycles. The molecule has 0 N–H and O–H groups in total. The lowest BCUT2D eigenvalue weighted by Gasteiger charge is -2.35. The summed E-state index contributed by atoms with van der Waals surface area (Å²) in [5.74, 6) is 0.340.